The van der Waals surface area contributed by atoms with Crippen LogP contribution in [0.4, 0.5) is 5.82 Å². The van der Waals surface area contributed by atoms with Crippen LogP contribution in [0.2, 0.25) is 0 Å². The fourth-order valence-corrected chi connectivity index (χ4v) is 3.79. The number of nitrogens with one attached hydrogen (secondary N) is 1. The topological polar surface area (TPSA) is 97.4 Å². The Kier molecular flexibility index (Phi) is 5.62. The number of para-hydroxylation sites is 2. The van der Waals surface area contributed by atoms with Crippen molar-refractivity contribution < 1.29 is 17.9 Å². The minimum atomic E-state index is -3.89. The number of imidazole rings is 1. The Hall–Kier alpha value is -2.65. The van der Waals surface area contributed by atoms with Gasteiger partial charge in [-0.1, -0.05) is 12.1 Å². The molecule has 3 aromatic rings. The fraction of sp³-hybridized carbons (Fsp3) is 0.333. The normalized spacial score (nSPS) is 11.7. The molecule has 3 rings (SSSR count). The number of aromatic amines is 1. The minimum absolute atomic E-state index is 0.126. The standard InChI is InChI=1S/C18H22N4O4S/c1-13-16(26-12-6-11-25-3)9-10-19-17(13)22(2)27(23,24)18-20-14-7-4-5-8-15(14)21-18/h4-5,7-10H,6,11-12H2,1-3H3,(H,20,21). The number of fused-ring (bicyclic) bond motifs is 1. The molecular weight excluding hydrogens is 368 g/mol. The first-order chi connectivity index (χ1) is 12.9. The first kappa shape index (κ1) is 19.1. The Morgan fingerprint density at radius 1 is 1.19 bits per heavy atom. The third-order valence-corrected chi connectivity index (χ3v) is 5.72. The molecule has 27 heavy (non-hydrogen) atoms. The van der Waals surface area contributed by atoms with Crippen molar-refractivity contribution in [3.63, 3.8) is 0 Å². The third kappa shape index (κ3) is 3.88. The second-order valence-electron chi connectivity index (χ2n) is 5.98. The van der Waals surface area contributed by atoms with E-state index in [9.17, 15) is 8.42 Å². The van der Waals surface area contributed by atoms with Gasteiger partial charge in [-0.25, -0.2) is 14.3 Å². The number of hydrogen-bond acceptors (Lipinski definition) is 6. The van der Waals surface area contributed by atoms with E-state index in [1.54, 1.807) is 38.3 Å². The molecule has 0 amide bonds. The summed E-state index contributed by atoms with van der Waals surface area (Å²) < 4.78 is 37.8. The Bertz CT molecular complexity index is 1000. The number of methoxy groups -OCH3 is 1. The highest BCUT2D eigenvalue weighted by Gasteiger charge is 2.27. The molecule has 0 atom stereocenters. The lowest BCUT2D eigenvalue weighted by atomic mass is 10.2. The van der Waals surface area contributed by atoms with Crippen LogP contribution in [-0.4, -0.2) is 50.7 Å². The summed E-state index contributed by atoms with van der Waals surface area (Å²) in [6, 6.07) is 8.87. The maximum Gasteiger partial charge on any atom is 0.299 e. The van der Waals surface area contributed by atoms with E-state index in [4.69, 9.17) is 9.47 Å². The molecule has 1 aromatic carbocycles. The molecule has 0 bridgehead atoms. The first-order valence-electron chi connectivity index (χ1n) is 8.46. The average Bonchev–Trinajstić information content (AvgIpc) is 3.11. The molecule has 2 heterocycles. The highest BCUT2D eigenvalue weighted by atomic mass is 32.2. The Morgan fingerprint density at radius 3 is 2.70 bits per heavy atom. The van der Waals surface area contributed by atoms with Crippen LogP contribution >= 0.6 is 0 Å². The van der Waals surface area contributed by atoms with Crippen LogP contribution < -0.4 is 9.04 Å². The molecule has 0 saturated heterocycles. The van der Waals surface area contributed by atoms with Crippen molar-refractivity contribution in [2.24, 2.45) is 0 Å². The van der Waals surface area contributed by atoms with Crippen molar-refractivity contribution in [3.8, 4) is 5.75 Å². The average molecular weight is 390 g/mol. The second-order valence-corrected chi connectivity index (χ2v) is 7.87. The number of pyridine rings is 1. The molecule has 0 unspecified atom stereocenters. The molecule has 0 radical (unpaired) electrons. The van der Waals surface area contributed by atoms with Gasteiger partial charge in [0.05, 0.1) is 17.6 Å². The Morgan fingerprint density at radius 2 is 1.96 bits per heavy atom. The van der Waals surface area contributed by atoms with Gasteiger partial charge >= 0.3 is 0 Å². The van der Waals surface area contributed by atoms with Crippen molar-refractivity contribution in [1.82, 2.24) is 15.0 Å². The SMILES string of the molecule is COCCCOc1ccnc(N(C)S(=O)(=O)c2nc3ccccc3[nH]2)c1C. The number of benzene rings is 1. The maximum atomic E-state index is 13.0. The molecule has 1 N–H and O–H groups in total. The number of anilines is 1. The lowest BCUT2D eigenvalue weighted by Gasteiger charge is -2.20. The quantitative estimate of drug-likeness (QED) is 0.594. The Balaban J connectivity index is 1.88. The highest BCUT2D eigenvalue weighted by molar-refractivity contribution is 7.92. The third-order valence-electron chi connectivity index (χ3n) is 4.15. The van der Waals surface area contributed by atoms with E-state index in [-0.39, 0.29) is 5.16 Å². The van der Waals surface area contributed by atoms with E-state index in [1.165, 1.54) is 13.2 Å². The summed E-state index contributed by atoms with van der Waals surface area (Å²) in [5, 5.41) is -0.126. The number of hydrogen-bond donors (Lipinski definition) is 1. The van der Waals surface area contributed by atoms with Crippen LogP contribution in [0.3, 0.4) is 0 Å². The number of sulfonamides is 1. The van der Waals surface area contributed by atoms with Crippen LogP contribution in [-0.2, 0) is 14.8 Å². The zero-order valence-corrected chi connectivity index (χ0v) is 16.3. The molecule has 0 aliphatic rings. The number of aromatic nitrogens is 3. The van der Waals surface area contributed by atoms with Gasteiger partial charge in [-0.05, 0) is 25.1 Å². The van der Waals surface area contributed by atoms with Crippen molar-refractivity contribution in [1.29, 1.82) is 0 Å². The summed E-state index contributed by atoms with van der Waals surface area (Å²) in [5.74, 6) is 0.877. The molecule has 0 fully saturated rings. The van der Waals surface area contributed by atoms with E-state index in [0.717, 1.165) is 10.7 Å². The molecule has 0 spiro atoms. The van der Waals surface area contributed by atoms with Crippen molar-refractivity contribution in [3.05, 3.63) is 42.1 Å². The summed E-state index contributed by atoms with van der Waals surface area (Å²) >= 11 is 0. The Labute approximate surface area is 158 Å². The number of rotatable bonds is 8. The second kappa shape index (κ2) is 7.93. The first-order valence-corrected chi connectivity index (χ1v) is 9.90. The minimum Gasteiger partial charge on any atom is -0.493 e. The van der Waals surface area contributed by atoms with Gasteiger partial charge in [0.15, 0.2) is 0 Å². The summed E-state index contributed by atoms with van der Waals surface area (Å²) in [6.45, 7) is 2.84. The number of H-pyrrole nitrogens is 1. The molecule has 0 saturated carbocycles. The molecule has 0 aliphatic carbocycles. The van der Waals surface area contributed by atoms with Crippen molar-refractivity contribution >= 4 is 26.9 Å². The number of nitrogens with zero attached hydrogens (tertiary/aromatic N) is 3. The van der Waals surface area contributed by atoms with Gasteiger partial charge in [0.2, 0.25) is 5.16 Å². The van der Waals surface area contributed by atoms with Crippen LogP contribution in [0, 0.1) is 6.92 Å². The fourth-order valence-electron chi connectivity index (χ4n) is 2.66. The van der Waals surface area contributed by atoms with E-state index < -0.39 is 10.0 Å². The summed E-state index contributed by atoms with van der Waals surface area (Å²) in [6.07, 6.45) is 2.26. The monoisotopic (exact) mass is 390 g/mol. The largest absolute Gasteiger partial charge is 0.493 e. The molecule has 9 heteroatoms. The predicted octanol–water partition coefficient (Wildman–Crippen LogP) is 2.51. The van der Waals surface area contributed by atoms with Gasteiger partial charge in [-0.3, -0.25) is 0 Å². The molecular formula is C18H22N4O4S. The van der Waals surface area contributed by atoms with Gasteiger partial charge in [-0.15, -0.1) is 0 Å². The summed E-state index contributed by atoms with van der Waals surface area (Å²) in [7, 11) is -0.810. The van der Waals surface area contributed by atoms with Crippen LogP contribution in [0.5, 0.6) is 5.75 Å². The highest BCUT2D eigenvalue weighted by Crippen LogP contribution is 2.29. The summed E-state index contributed by atoms with van der Waals surface area (Å²) in [4.78, 5) is 11.3. The maximum absolute atomic E-state index is 13.0. The van der Waals surface area contributed by atoms with Gasteiger partial charge in [0.25, 0.3) is 10.0 Å². The van der Waals surface area contributed by atoms with Gasteiger partial charge < -0.3 is 14.5 Å². The van der Waals surface area contributed by atoms with Gasteiger partial charge in [0, 0.05) is 38.9 Å². The smallest absolute Gasteiger partial charge is 0.299 e. The van der Waals surface area contributed by atoms with E-state index in [1.807, 2.05) is 6.07 Å². The van der Waals surface area contributed by atoms with Crippen molar-refractivity contribution in [2.45, 2.75) is 18.5 Å². The van der Waals surface area contributed by atoms with E-state index in [2.05, 4.69) is 15.0 Å². The van der Waals surface area contributed by atoms with Crippen LogP contribution in [0.15, 0.2) is 41.7 Å². The van der Waals surface area contributed by atoms with Crippen LogP contribution in [0.25, 0.3) is 11.0 Å². The van der Waals surface area contributed by atoms with E-state index >= 15 is 0 Å². The zero-order chi connectivity index (χ0) is 19.4. The van der Waals surface area contributed by atoms with Gasteiger partial charge in [0.1, 0.15) is 11.6 Å². The molecule has 2 aromatic heterocycles. The molecule has 144 valence electrons. The number of ether oxygens (including phenoxy) is 2. The molecule has 0 aliphatic heterocycles. The zero-order valence-electron chi connectivity index (χ0n) is 15.5. The lowest BCUT2D eigenvalue weighted by molar-refractivity contribution is 0.172. The van der Waals surface area contributed by atoms with Crippen molar-refractivity contribution in [2.75, 3.05) is 31.7 Å². The predicted molar refractivity (Wildman–Crippen MR) is 103 cm³/mol. The lowest BCUT2D eigenvalue weighted by Crippen LogP contribution is -2.29. The van der Waals surface area contributed by atoms with Gasteiger partial charge in [-0.2, -0.15) is 8.42 Å². The van der Waals surface area contributed by atoms with E-state index in [0.29, 0.717) is 41.4 Å². The molecule has 8 nitrogen and oxygen atoms in total. The summed E-state index contributed by atoms with van der Waals surface area (Å²) in [5.41, 5.74) is 1.88. The van der Waals surface area contributed by atoms with Crippen LogP contribution in [0.1, 0.15) is 12.0 Å².